The van der Waals surface area contributed by atoms with Crippen molar-refractivity contribution in [3.8, 4) is 23.0 Å². The number of benzene rings is 2. The maximum Gasteiger partial charge on any atom is 0.171 e. The number of hydrogen-bond donors (Lipinski definition) is 0. The van der Waals surface area contributed by atoms with Crippen LogP contribution in [-0.2, 0) is 0 Å². The van der Waals surface area contributed by atoms with Crippen LogP contribution in [0.3, 0.4) is 0 Å². The fourth-order valence-corrected chi connectivity index (χ4v) is 2.19. The van der Waals surface area contributed by atoms with Crippen molar-refractivity contribution >= 4 is 39.1 Å². The van der Waals surface area contributed by atoms with Crippen LogP contribution >= 0.6 is 39.1 Å². The summed E-state index contributed by atoms with van der Waals surface area (Å²) in [5.74, 6) is 2.42. The van der Waals surface area contributed by atoms with Crippen LogP contribution in [-0.4, -0.2) is 0 Å². The minimum absolute atomic E-state index is 0.567. The Labute approximate surface area is 116 Å². The van der Waals surface area contributed by atoms with Gasteiger partial charge in [-0.05, 0) is 28.1 Å². The predicted molar refractivity (Wildman–Crippen MR) is 70.8 cm³/mol. The van der Waals surface area contributed by atoms with E-state index in [9.17, 15) is 0 Å². The van der Waals surface area contributed by atoms with Gasteiger partial charge in [0.05, 0.1) is 5.02 Å². The van der Waals surface area contributed by atoms with E-state index >= 15 is 0 Å². The largest absolute Gasteiger partial charge is 0.449 e. The molecule has 0 aliphatic carbocycles. The van der Waals surface area contributed by atoms with E-state index in [-0.39, 0.29) is 0 Å². The van der Waals surface area contributed by atoms with Gasteiger partial charge < -0.3 is 9.47 Å². The van der Waals surface area contributed by atoms with Gasteiger partial charge >= 0.3 is 0 Å². The van der Waals surface area contributed by atoms with Crippen LogP contribution < -0.4 is 9.47 Å². The lowest BCUT2D eigenvalue weighted by Crippen LogP contribution is -1.98. The molecule has 1 aliphatic rings. The molecule has 0 bridgehead atoms. The highest BCUT2D eigenvalue weighted by molar-refractivity contribution is 9.10. The van der Waals surface area contributed by atoms with Crippen LogP contribution in [0.4, 0.5) is 0 Å². The molecule has 2 nitrogen and oxygen atoms in total. The zero-order valence-corrected chi connectivity index (χ0v) is 11.4. The summed E-state index contributed by atoms with van der Waals surface area (Å²) < 4.78 is 12.1. The molecule has 0 spiro atoms. The second kappa shape index (κ2) is 4.09. The first kappa shape index (κ1) is 11.2. The molecule has 0 amide bonds. The lowest BCUT2D eigenvalue weighted by molar-refractivity contribution is 0.359. The number of fused-ring (bicyclic) bond motifs is 2. The fraction of sp³-hybridized carbons (Fsp3) is 0. The van der Waals surface area contributed by atoms with Crippen LogP contribution in [0.25, 0.3) is 0 Å². The fourth-order valence-electron chi connectivity index (χ4n) is 1.55. The molecule has 2 aromatic carbocycles. The van der Waals surface area contributed by atoms with Crippen molar-refractivity contribution in [1.82, 2.24) is 0 Å². The van der Waals surface area contributed by atoms with Crippen LogP contribution in [0.1, 0.15) is 0 Å². The van der Waals surface area contributed by atoms with Crippen LogP contribution in [0.2, 0.25) is 10.0 Å². The summed E-state index contributed by atoms with van der Waals surface area (Å²) in [6, 6.07) is 8.69. The molecule has 0 atom stereocenters. The molecule has 0 saturated heterocycles. The molecule has 1 heterocycles. The Morgan fingerprint density at radius 3 is 2.29 bits per heavy atom. The molecule has 86 valence electrons. The number of rotatable bonds is 0. The molecule has 1 aliphatic heterocycles. The van der Waals surface area contributed by atoms with E-state index in [0.29, 0.717) is 33.0 Å². The van der Waals surface area contributed by atoms with E-state index in [1.54, 1.807) is 30.3 Å². The average Bonchev–Trinajstić information content (AvgIpc) is 2.28. The SMILES string of the molecule is Clc1ccc2c(c1)Oc1cc(Cl)c(Br)cc1O2. The summed E-state index contributed by atoms with van der Waals surface area (Å²) in [5.41, 5.74) is 0. The van der Waals surface area contributed by atoms with Gasteiger partial charge in [0, 0.05) is 27.7 Å². The molecule has 0 saturated carbocycles. The summed E-state index contributed by atoms with van der Waals surface area (Å²) in [6.45, 7) is 0. The minimum Gasteiger partial charge on any atom is -0.449 e. The van der Waals surface area contributed by atoms with Crippen molar-refractivity contribution in [3.05, 3.63) is 44.8 Å². The third kappa shape index (κ3) is 1.99. The van der Waals surface area contributed by atoms with Crippen LogP contribution in [0, 0.1) is 0 Å². The van der Waals surface area contributed by atoms with E-state index in [4.69, 9.17) is 32.7 Å². The molecular formula is C12H5BrCl2O2. The van der Waals surface area contributed by atoms with E-state index in [1.165, 1.54) is 0 Å². The summed E-state index contributed by atoms with van der Waals surface area (Å²) in [7, 11) is 0. The Kier molecular flexibility index (Phi) is 2.69. The Morgan fingerprint density at radius 2 is 1.47 bits per heavy atom. The van der Waals surface area contributed by atoms with Gasteiger partial charge in [-0.3, -0.25) is 0 Å². The van der Waals surface area contributed by atoms with Crippen LogP contribution in [0.5, 0.6) is 23.0 Å². The Bertz CT molecular complexity index is 614. The first-order valence-corrected chi connectivity index (χ1v) is 6.33. The van der Waals surface area contributed by atoms with Gasteiger partial charge in [0.1, 0.15) is 0 Å². The van der Waals surface area contributed by atoms with Gasteiger partial charge in [-0.2, -0.15) is 0 Å². The molecule has 0 N–H and O–H groups in total. The van der Waals surface area contributed by atoms with Crippen molar-refractivity contribution in [2.75, 3.05) is 0 Å². The van der Waals surface area contributed by atoms with Crippen molar-refractivity contribution < 1.29 is 9.47 Å². The first-order chi connectivity index (χ1) is 8.13. The van der Waals surface area contributed by atoms with Crippen molar-refractivity contribution in [2.24, 2.45) is 0 Å². The smallest absolute Gasteiger partial charge is 0.171 e. The topological polar surface area (TPSA) is 18.5 Å². The average molecular weight is 332 g/mol. The van der Waals surface area contributed by atoms with E-state index in [2.05, 4.69) is 15.9 Å². The number of halogens is 3. The van der Waals surface area contributed by atoms with E-state index in [1.807, 2.05) is 0 Å². The lowest BCUT2D eigenvalue weighted by Gasteiger charge is -2.21. The Morgan fingerprint density at radius 1 is 0.824 bits per heavy atom. The maximum atomic E-state index is 6.00. The Balaban J connectivity index is 2.11. The standard InChI is InChI=1S/C12H5BrCl2O2/c13-7-4-11-12(5-8(7)15)17-10-3-6(14)1-2-9(10)16-11/h1-5H. The van der Waals surface area contributed by atoms with Crippen molar-refractivity contribution in [3.63, 3.8) is 0 Å². The molecule has 5 heteroatoms. The first-order valence-electron chi connectivity index (χ1n) is 4.78. The van der Waals surface area contributed by atoms with Gasteiger partial charge in [0.25, 0.3) is 0 Å². The van der Waals surface area contributed by atoms with E-state index < -0.39 is 0 Å². The van der Waals surface area contributed by atoms with Gasteiger partial charge in [-0.25, -0.2) is 0 Å². The molecule has 2 aromatic rings. The Hall–Kier alpha value is -0.900. The second-order valence-electron chi connectivity index (χ2n) is 3.51. The van der Waals surface area contributed by atoms with Crippen molar-refractivity contribution in [2.45, 2.75) is 0 Å². The summed E-state index contributed by atoms with van der Waals surface area (Å²) in [5, 5.41) is 1.16. The highest BCUT2D eigenvalue weighted by atomic mass is 79.9. The molecule has 0 fully saturated rings. The number of ether oxygens (including phenoxy) is 2. The summed E-state index contributed by atoms with van der Waals surface area (Å²) in [4.78, 5) is 0. The van der Waals surface area contributed by atoms with Gasteiger partial charge in [0.2, 0.25) is 0 Å². The zero-order valence-electron chi connectivity index (χ0n) is 8.34. The van der Waals surface area contributed by atoms with Gasteiger partial charge in [-0.1, -0.05) is 23.2 Å². The maximum absolute atomic E-state index is 6.00. The minimum atomic E-state index is 0.567. The van der Waals surface area contributed by atoms with Crippen molar-refractivity contribution in [1.29, 1.82) is 0 Å². The summed E-state index contributed by atoms with van der Waals surface area (Å²) >= 11 is 15.2. The summed E-state index contributed by atoms with van der Waals surface area (Å²) in [6.07, 6.45) is 0. The third-order valence-electron chi connectivity index (χ3n) is 2.33. The second-order valence-corrected chi connectivity index (χ2v) is 5.21. The van der Waals surface area contributed by atoms with Gasteiger partial charge in [-0.15, -0.1) is 0 Å². The quantitative estimate of drug-likeness (QED) is 0.529. The zero-order chi connectivity index (χ0) is 12.0. The molecule has 17 heavy (non-hydrogen) atoms. The molecule has 0 radical (unpaired) electrons. The third-order valence-corrected chi connectivity index (χ3v) is 3.76. The van der Waals surface area contributed by atoms with E-state index in [0.717, 1.165) is 4.47 Å². The lowest BCUT2D eigenvalue weighted by atomic mass is 10.2. The number of hydrogen-bond acceptors (Lipinski definition) is 2. The predicted octanol–water partition coefficient (Wildman–Crippen LogP) is 5.65. The molecule has 3 rings (SSSR count). The highest BCUT2D eigenvalue weighted by Crippen LogP contribution is 2.48. The van der Waals surface area contributed by atoms with Crippen LogP contribution in [0.15, 0.2) is 34.8 Å². The molecular weight excluding hydrogens is 327 g/mol. The van der Waals surface area contributed by atoms with Gasteiger partial charge in [0.15, 0.2) is 23.0 Å². The molecule has 0 unspecified atom stereocenters. The normalized spacial score (nSPS) is 12.2. The molecule has 0 aromatic heterocycles. The monoisotopic (exact) mass is 330 g/mol. The highest BCUT2D eigenvalue weighted by Gasteiger charge is 2.20.